The zero-order chi connectivity index (χ0) is 12.5. The SMILES string of the molecule is CCCN(CC)CCNc1cnccc1C#N. The molecule has 1 N–H and O–H groups in total. The lowest BCUT2D eigenvalue weighted by Crippen LogP contribution is -2.29. The third-order valence-corrected chi connectivity index (χ3v) is 2.67. The molecule has 0 amide bonds. The number of anilines is 1. The summed E-state index contributed by atoms with van der Waals surface area (Å²) < 4.78 is 0. The zero-order valence-electron chi connectivity index (χ0n) is 10.6. The van der Waals surface area contributed by atoms with Crippen LogP contribution < -0.4 is 5.32 Å². The molecule has 0 aromatic carbocycles. The lowest BCUT2D eigenvalue weighted by Gasteiger charge is -2.19. The van der Waals surface area contributed by atoms with E-state index in [1.54, 1.807) is 18.5 Å². The highest BCUT2D eigenvalue weighted by Crippen LogP contribution is 2.10. The second-order valence-electron chi connectivity index (χ2n) is 3.89. The lowest BCUT2D eigenvalue weighted by molar-refractivity contribution is 0.300. The monoisotopic (exact) mass is 232 g/mol. The van der Waals surface area contributed by atoms with Gasteiger partial charge in [0.2, 0.25) is 0 Å². The number of likely N-dealkylation sites (N-methyl/N-ethyl adjacent to an activating group) is 1. The molecule has 4 heteroatoms. The van der Waals surface area contributed by atoms with Crippen molar-refractivity contribution in [2.24, 2.45) is 0 Å². The van der Waals surface area contributed by atoms with Gasteiger partial charge in [0.1, 0.15) is 6.07 Å². The molecule has 0 saturated heterocycles. The number of nitrogens with one attached hydrogen (secondary N) is 1. The molecule has 0 unspecified atom stereocenters. The van der Waals surface area contributed by atoms with Gasteiger partial charge in [0.15, 0.2) is 0 Å². The fourth-order valence-corrected chi connectivity index (χ4v) is 1.73. The highest BCUT2D eigenvalue weighted by atomic mass is 15.1. The van der Waals surface area contributed by atoms with Gasteiger partial charge in [-0.3, -0.25) is 4.98 Å². The first-order valence-electron chi connectivity index (χ1n) is 6.12. The maximum absolute atomic E-state index is 8.93. The highest BCUT2D eigenvalue weighted by Gasteiger charge is 2.02. The van der Waals surface area contributed by atoms with Crippen LogP contribution in [-0.4, -0.2) is 36.1 Å². The van der Waals surface area contributed by atoms with Gasteiger partial charge in [0, 0.05) is 19.3 Å². The Morgan fingerprint density at radius 2 is 2.24 bits per heavy atom. The number of nitriles is 1. The van der Waals surface area contributed by atoms with E-state index in [1.807, 2.05) is 0 Å². The van der Waals surface area contributed by atoms with Crippen LogP contribution in [0.4, 0.5) is 5.69 Å². The molecule has 1 aromatic rings. The van der Waals surface area contributed by atoms with Gasteiger partial charge in [-0.2, -0.15) is 5.26 Å². The molecule has 0 saturated carbocycles. The molecule has 0 aliphatic carbocycles. The first kappa shape index (κ1) is 13.5. The molecule has 0 aliphatic heterocycles. The molecule has 92 valence electrons. The minimum Gasteiger partial charge on any atom is -0.381 e. The van der Waals surface area contributed by atoms with E-state index in [-0.39, 0.29) is 0 Å². The van der Waals surface area contributed by atoms with Crippen LogP contribution in [0.1, 0.15) is 25.8 Å². The van der Waals surface area contributed by atoms with E-state index >= 15 is 0 Å². The predicted molar refractivity (Wildman–Crippen MR) is 69.8 cm³/mol. The molecule has 1 rings (SSSR count). The van der Waals surface area contributed by atoms with Crippen molar-refractivity contribution in [3.05, 3.63) is 24.0 Å². The zero-order valence-corrected chi connectivity index (χ0v) is 10.6. The van der Waals surface area contributed by atoms with Crippen LogP contribution in [0.25, 0.3) is 0 Å². The van der Waals surface area contributed by atoms with E-state index < -0.39 is 0 Å². The van der Waals surface area contributed by atoms with Crippen LogP contribution in [0.3, 0.4) is 0 Å². The van der Waals surface area contributed by atoms with Crippen molar-refractivity contribution in [1.82, 2.24) is 9.88 Å². The summed E-state index contributed by atoms with van der Waals surface area (Å²) in [5.74, 6) is 0. The molecule has 0 aliphatic rings. The molecule has 4 nitrogen and oxygen atoms in total. The van der Waals surface area contributed by atoms with Crippen LogP contribution in [-0.2, 0) is 0 Å². The fraction of sp³-hybridized carbons (Fsp3) is 0.538. The number of hydrogen-bond acceptors (Lipinski definition) is 4. The summed E-state index contributed by atoms with van der Waals surface area (Å²) in [5.41, 5.74) is 1.47. The topological polar surface area (TPSA) is 52.0 Å². The number of aromatic nitrogens is 1. The van der Waals surface area contributed by atoms with Crippen LogP contribution >= 0.6 is 0 Å². The molecule has 0 bridgehead atoms. The molecule has 0 fully saturated rings. The van der Waals surface area contributed by atoms with Crippen LogP contribution in [0.15, 0.2) is 18.5 Å². The quantitative estimate of drug-likeness (QED) is 0.782. The maximum Gasteiger partial charge on any atom is 0.101 e. The number of hydrogen-bond donors (Lipinski definition) is 1. The Kier molecular flexibility index (Phi) is 6.05. The van der Waals surface area contributed by atoms with Crippen molar-refractivity contribution in [1.29, 1.82) is 5.26 Å². The summed E-state index contributed by atoms with van der Waals surface area (Å²) in [7, 11) is 0. The minimum atomic E-state index is 0.651. The Morgan fingerprint density at radius 3 is 2.88 bits per heavy atom. The van der Waals surface area contributed by atoms with Crippen molar-refractivity contribution in [3.8, 4) is 6.07 Å². The standard InChI is InChI=1S/C13H20N4/c1-3-8-17(4-2)9-7-16-13-11-15-6-5-12(13)10-14/h5-6,11,16H,3-4,7-9H2,1-2H3. The van der Waals surface area contributed by atoms with Gasteiger partial charge >= 0.3 is 0 Å². The number of pyridine rings is 1. The summed E-state index contributed by atoms with van der Waals surface area (Å²) in [5, 5.41) is 12.2. The largest absolute Gasteiger partial charge is 0.381 e. The lowest BCUT2D eigenvalue weighted by atomic mass is 10.2. The summed E-state index contributed by atoms with van der Waals surface area (Å²) >= 11 is 0. The summed E-state index contributed by atoms with van der Waals surface area (Å²) in [4.78, 5) is 6.40. The van der Waals surface area contributed by atoms with Crippen LogP contribution in [0.2, 0.25) is 0 Å². The Bertz CT molecular complexity index is 370. The second kappa shape index (κ2) is 7.64. The molecule has 17 heavy (non-hydrogen) atoms. The Morgan fingerprint density at radius 1 is 1.41 bits per heavy atom. The average Bonchev–Trinajstić information content (AvgIpc) is 2.38. The van der Waals surface area contributed by atoms with Crippen LogP contribution in [0, 0.1) is 11.3 Å². The van der Waals surface area contributed by atoms with Crippen molar-refractivity contribution in [2.75, 3.05) is 31.5 Å². The van der Waals surface area contributed by atoms with E-state index in [2.05, 4.69) is 35.1 Å². The normalized spacial score (nSPS) is 10.2. The molecule has 1 heterocycles. The van der Waals surface area contributed by atoms with Crippen molar-refractivity contribution < 1.29 is 0 Å². The summed E-state index contributed by atoms with van der Waals surface area (Å²) in [6, 6.07) is 3.88. The van der Waals surface area contributed by atoms with Gasteiger partial charge in [-0.05, 0) is 25.6 Å². The minimum absolute atomic E-state index is 0.651. The van der Waals surface area contributed by atoms with E-state index in [0.29, 0.717) is 5.56 Å². The Balaban J connectivity index is 2.42. The Labute approximate surface area is 103 Å². The maximum atomic E-state index is 8.93. The van der Waals surface area contributed by atoms with Gasteiger partial charge < -0.3 is 10.2 Å². The highest BCUT2D eigenvalue weighted by molar-refractivity contribution is 5.55. The van der Waals surface area contributed by atoms with Crippen molar-refractivity contribution >= 4 is 5.69 Å². The predicted octanol–water partition coefficient (Wildman–Crippen LogP) is 2.10. The molecular formula is C13H20N4. The smallest absolute Gasteiger partial charge is 0.101 e. The Hall–Kier alpha value is -1.60. The number of nitrogens with zero attached hydrogens (tertiary/aromatic N) is 3. The van der Waals surface area contributed by atoms with Gasteiger partial charge in [0.25, 0.3) is 0 Å². The molecule has 0 atom stereocenters. The van der Waals surface area contributed by atoms with Gasteiger partial charge in [0.05, 0.1) is 17.4 Å². The first-order valence-corrected chi connectivity index (χ1v) is 6.12. The summed E-state index contributed by atoms with van der Waals surface area (Å²) in [6.45, 7) is 8.37. The fourth-order valence-electron chi connectivity index (χ4n) is 1.73. The van der Waals surface area contributed by atoms with Gasteiger partial charge in [-0.15, -0.1) is 0 Å². The average molecular weight is 232 g/mol. The first-order chi connectivity index (χ1) is 8.31. The van der Waals surface area contributed by atoms with E-state index in [4.69, 9.17) is 5.26 Å². The van der Waals surface area contributed by atoms with Crippen LogP contribution in [0.5, 0.6) is 0 Å². The van der Waals surface area contributed by atoms with Gasteiger partial charge in [-0.25, -0.2) is 0 Å². The summed E-state index contributed by atoms with van der Waals surface area (Å²) in [6.07, 6.45) is 4.51. The van der Waals surface area contributed by atoms with Gasteiger partial charge in [-0.1, -0.05) is 13.8 Å². The second-order valence-corrected chi connectivity index (χ2v) is 3.89. The van der Waals surface area contributed by atoms with E-state index in [1.165, 1.54) is 6.42 Å². The third kappa shape index (κ3) is 4.41. The molecule has 0 radical (unpaired) electrons. The van der Waals surface area contributed by atoms with E-state index in [0.717, 1.165) is 31.9 Å². The third-order valence-electron chi connectivity index (χ3n) is 2.67. The number of rotatable bonds is 7. The molecule has 1 aromatic heterocycles. The van der Waals surface area contributed by atoms with Crippen molar-refractivity contribution in [2.45, 2.75) is 20.3 Å². The van der Waals surface area contributed by atoms with Crippen molar-refractivity contribution in [3.63, 3.8) is 0 Å². The van der Waals surface area contributed by atoms with E-state index in [9.17, 15) is 0 Å². The molecular weight excluding hydrogens is 212 g/mol. The molecule has 0 spiro atoms.